The molecule has 0 aromatic heterocycles. The molecular weight excluding hydrogens is 294 g/mol. The third kappa shape index (κ3) is 16.6. The maximum atomic E-state index is 10.8. The lowest BCUT2D eigenvalue weighted by Crippen LogP contribution is -2.25. The standard InChI is InChI=1S/C14H25NO7/c1-2-13(16)15-4-6-20-8-10-22-12-11-21-9-7-19-5-3-14(17)18/h2H,1,3-12H2,(H,15,16)(H,17,18). The molecule has 128 valence electrons. The number of hydrogen-bond donors (Lipinski definition) is 2. The summed E-state index contributed by atoms with van der Waals surface area (Å²) in [6.45, 7) is 6.96. The summed E-state index contributed by atoms with van der Waals surface area (Å²) in [7, 11) is 0. The average molecular weight is 319 g/mol. The second kappa shape index (κ2) is 15.9. The Hall–Kier alpha value is -1.48. The van der Waals surface area contributed by atoms with Crippen LogP contribution in [0.25, 0.3) is 0 Å². The van der Waals surface area contributed by atoms with Gasteiger partial charge in [0.2, 0.25) is 5.91 Å². The second-order valence-electron chi connectivity index (χ2n) is 4.09. The number of amides is 1. The van der Waals surface area contributed by atoms with Crippen molar-refractivity contribution in [2.24, 2.45) is 0 Å². The Morgan fingerprint density at radius 3 is 1.77 bits per heavy atom. The van der Waals surface area contributed by atoms with E-state index in [0.717, 1.165) is 0 Å². The monoisotopic (exact) mass is 319 g/mol. The topological polar surface area (TPSA) is 103 Å². The van der Waals surface area contributed by atoms with Gasteiger partial charge in [-0.15, -0.1) is 0 Å². The zero-order valence-corrected chi connectivity index (χ0v) is 12.8. The molecule has 2 N–H and O–H groups in total. The van der Waals surface area contributed by atoms with Crippen LogP contribution < -0.4 is 5.32 Å². The van der Waals surface area contributed by atoms with Gasteiger partial charge in [-0.3, -0.25) is 9.59 Å². The predicted molar refractivity (Wildman–Crippen MR) is 78.7 cm³/mol. The number of carbonyl (C=O) groups excluding carboxylic acids is 1. The van der Waals surface area contributed by atoms with Crippen LogP contribution in [0.3, 0.4) is 0 Å². The fourth-order valence-electron chi connectivity index (χ4n) is 1.24. The first kappa shape index (κ1) is 20.5. The largest absolute Gasteiger partial charge is 0.481 e. The lowest BCUT2D eigenvalue weighted by Gasteiger charge is -2.07. The molecule has 0 heterocycles. The van der Waals surface area contributed by atoms with Gasteiger partial charge in [0, 0.05) is 6.54 Å². The number of carboxylic acids is 1. The molecule has 0 rings (SSSR count). The first-order chi connectivity index (χ1) is 10.7. The van der Waals surface area contributed by atoms with E-state index in [1.807, 2.05) is 0 Å². The van der Waals surface area contributed by atoms with E-state index in [1.54, 1.807) is 0 Å². The highest BCUT2D eigenvalue weighted by Crippen LogP contribution is 1.85. The first-order valence-electron chi connectivity index (χ1n) is 7.10. The number of rotatable bonds is 16. The number of hydrogen-bond acceptors (Lipinski definition) is 6. The van der Waals surface area contributed by atoms with Gasteiger partial charge in [-0.25, -0.2) is 0 Å². The number of carboxylic acid groups (broad SMARTS) is 1. The molecule has 0 bridgehead atoms. The lowest BCUT2D eigenvalue weighted by atomic mass is 10.5. The van der Waals surface area contributed by atoms with Crippen LogP contribution in [0.5, 0.6) is 0 Å². The van der Waals surface area contributed by atoms with Crippen LogP contribution in [-0.2, 0) is 28.5 Å². The molecule has 0 atom stereocenters. The number of ether oxygens (including phenoxy) is 4. The van der Waals surface area contributed by atoms with Gasteiger partial charge in [0.25, 0.3) is 0 Å². The summed E-state index contributed by atoms with van der Waals surface area (Å²) in [6, 6.07) is 0. The minimum atomic E-state index is -0.875. The smallest absolute Gasteiger partial charge is 0.305 e. The second-order valence-corrected chi connectivity index (χ2v) is 4.09. The number of nitrogens with one attached hydrogen (secondary N) is 1. The van der Waals surface area contributed by atoms with Gasteiger partial charge in [0.1, 0.15) is 0 Å². The highest BCUT2D eigenvalue weighted by atomic mass is 16.6. The minimum absolute atomic E-state index is 0.000378. The van der Waals surface area contributed by atoms with Gasteiger partial charge in [-0.05, 0) is 6.08 Å². The Labute approximate surface area is 130 Å². The molecule has 22 heavy (non-hydrogen) atoms. The minimum Gasteiger partial charge on any atom is -0.481 e. The number of aliphatic carboxylic acids is 1. The molecule has 0 aromatic rings. The normalized spacial score (nSPS) is 10.4. The Balaban J connectivity index is 3.04. The van der Waals surface area contributed by atoms with Gasteiger partial charge >= 0.3 is 5.97 Å². The summed E-state index contributed by atoms with van der Waals surface area (Å²) in [5.74, 6) is -1.09. The maximum Gasteiger partial charge on any atom is 0.305 e. The van der Waals surface area contributed by atoms with Crippen LogP contribution in [0, 0.1) is 0 Å². The van der Waals surface area contributed by atoms with E-state index in [9.17, 15) is 9.59 Å². The molecule has 8 heteroatoms. The van der Waals surface area contributed by atoms with E-state index in [0.29, 0.717) is 52.8 Å². The molecule has 8 nitrogen and oxygen atoms in total. The van der Waals surface area contributed by atoms with Crippen molar-refractivity contribution < 1.29 is 33.6 Å². The van der Waals surface area contributed by atoms with E-state index >= 15 is 0 Å². The molecule has 0 fully saturated rings. The molecule has 1 amide bonds. The van der Waals surface area contributed by atoms with Crippen molar-refractivity contribution in [3.05, 3.63) is 12.7 Å². The molecule has 0 radical (unpaired) electrons. The van der Waals surface area contributed by atoms with Crippen LogP contribution in [0.15, 0.2) is 12.7 Å². The van der Waals surface area contributed by atoms with Crippen molar-refractivity contribution in [3.8, 4) is 0 Å². The van der Waals surface area contributed by atoms with Crippen LogP contribution in [0.4, 0.5) is 0 Å². The fourth-order valence-corrected chi connectivity index (χ4v) is 1.24. The number of carbonyl (C=O) groups is 2. The van der Waals surface area contributed by atoms with Crippen LogP contribution in [0.2, 0.25) is 0 Å². The van der Waals surface area contributed by atoms with Gasteiger partial charge in [0.05, 0.1) is 59.3 Å². The Bertz CT molecular complexity index is 310. The summed E-state index contributed by atoms with van der Waals surface area (Å²) in [6.07, 6.45) is 1.21. The van der Waals surface area contributed by atoms with Crippen molar-refractivity contribution in [3.63, 3.8) is 0 Å². The summed E-state index contributed by atoms with van der Waals surface area (Å²) >= 11 is 0. The summed E-state index contributed by atoms with van der Waals surface area (Å²) in [5, 5.41) is 11.0. The van der Waals surface area contributed by atoms with E-state index in [4.69, 9.17) is 24.1 Å². The molecule has 0 aliphatic rings. The van der Waals surface area contributed by atoms with E-state index in [-0.39, 0.29) is 18.9 Å². The quantitative estimate of drug-likeness (QED) is 0.301. The first-order valence-corrected chi connectivity index (χ1v) is 7.10. The Morgan fingerprint density at radius 2 is 1.32 bits per heavy atom. The molecular formula is C14H25NO7. The summed E-state index contributed by atoms with van der Waals surface area (Å²) < 4.78 is 20.8. The van der Waals surface area contributed by atoms with Crippen molar-refractivity contribution in [1.82, 2.24) is 5.32 Å². The van der Waals surface area contributed by atoms with E-state index in [2.05, 4.69) is 11.9 Å². The zero-order chi connectivity index (χ0) is 16.5. The van der Waals surface area contributed by atoms with Crippen molar-refractivity contribution in [2.75, 3.05) is 59.4 Å². The highest BCUT2D eigenvalue weighted by Gasteiger charge is 1.96. The third-order valence-corrected chi connectivity index (χ3v) is 2.31. The average Bonchev–Trinajstić information content (AvgIpc) is 2.50. The van der Waals surface area contributed by atoms with E-state index < -0.39 is 5.97 Å². The molecule has 0 aromatic carbocycles. The highest BCUT2D eigenvalue weighted by molar-refractivity contribution is 5.86. The third-order valence-electron chi connectivity index (χ3n) is 2.31. The molecule has 0 aliphatic carbocycles. The molecule has 0 aliphatic heterocycles. The van der Waals surface area contributed by atoms with Crippen LogP contribution in [-0.4, -0.2) is 76.4 Å². The van der Waals surface area contributed by atoms with Gasteiger partial charge in [-0.2, -0.15) is 0 Å². The van der Waals surface area contributed by atoms with E-state index in [1.165, 1.54) is 6.08 Å². The Morgan fingerprint density at radius 1 is 0.864 bits per heavy atom. The predicted octanol–water partition coefficient (Wildman–Crippen LogP) is -0.170. The lowest BCUT2D eigenvalue weighted by molar-refractivity contribution is -0.138. The molecule has 0 spiro atoms. The van der Waals surface area contributed by atoms with Gasteiger partial charge in [0.15, 0.2) is 0 Å². The fraction of sp³-hybridized carbons (Fsp3) is 0.714. The Kier molecular flexibility index (Phi) is 14.8. The van der Waals surface area contributed by atoms with Gasteiger partial charge < -0.3 is 29.4 Å². The maximum absolute atomic E-state index is 10.8. The summed E-state index contributed by atoms with van der Waals surface area (Å²) in [5.41, 5.74) is 0. The SMILES string of the molecule is C=CC(=O)NCCOCCOCCOCCOCCC(=O)O. The zero-order valence-electron chi connectivity index (χ0n) is 12.8. The van der Waals surface area contributed by atoms with Gasteiger partial charge in [-0.1, -0.05) is 6.58 Å². The molecule has 0 saturated heterocycles. The molecule has 0 saturated carbocycles. The van der Waals surface area contributed by atoms with Crippen LogP contribution in [0.1, 0.15) is 6.42 Å². The molecule has 0 unspecified atom stereocenters. The summed E-state index contributed by atoms with van der Waals surface area (Å²) in [4.78, 5) is 21.0. The van der Waals surface area contributed by atoms with Crippen LogP contribution >= 0.6 is 0 Å². The van der Waals surface area contributed by atoms with Crippen molar-refractivity contribution in [2.45, 2.75) is 6.42 Å². The van der Waals surface area contributed by atoms with Crippen molar-refractivity contribution in [1.29, 1.82) is 0 Å². The van der Waals surface area contributed by atoms with Crippen molar-refractivity contribution >= 4 is 11.9 Å².